The molecule has 6 rings (SSSR count). The predicted molar refractivity (Wildman–Crippen MR) is 117 cm³/mol. The third-order valence-corrected chi connectivity index (χ3v) is 6.49. The second-order valence-electron chi connectivity index (χ2n) is 8.04. The van der Waals surface area contributed by atoms with E-state index in [2.05, 4.69) is 23.1 Å². The number of nitrogens with zero attached hydrogens (tertiary/aromatic N) is 2. The zero-order valence-corrected chi connectivity index (χ0v) is 16.4. The Labute approximate surface area is 175 Å². The van der Waals surface area contributed by atoms with Gasteiger partial charge >= 0.3 is 0 Å². The molecule has 1 fully saturated rings. The van der Waals surface area contributed by atoms with Gasteiger partial charge in [-0.1, -0.05) is 60.7 Å². The number of hydrogen-bond acceptors (Lipinski definition) is 3. The SMILES string of the molecule is O=C1C2=Cc3ccccc3N3CCc4ccccc4C3C2C(=O)N1c1ccccc1. The van der Waals surface area contributed by atoms with Gasteiger partial charge in [0.25, 0.3) is 5.91 Å². The van der Waals surface area contributed by atoms with Gasteiger partial charge in [0.1, 0.15) is 0 Å². The van der Waals surface area contributed by atoms with Gasteiger partial charge in [0.2, 0.25) is 5.91 Å². The number of hydrogen-bond donors (Lipinski definition) is 0. The van der Waals surface area contributed by atoms with Crippen molar-refractivity contribution in [2.75, 3.05) is 16.3 Å². The first kappa shape index (κ1) is 17.2. The average Bonchev–Trinajstić information content (AvgIpc) is 2.94. The number of carbonyl (C=O) groups is 2. The first-order valence-corrected chi connectivity index (χ1v) is 10.3. The molecule has 146 valence electrons. The molecule has 3 heterocycles. The maximum atomic E-state index is 13.8. The molecule has 3 aromatic carbocycles. The fourth-order valence-corrected chi connectivity index (χ4v) is 5.18. The Morgan fingerprint density at radius 2 is 1.53 bits per heavy atom. The lowest BCUT2D eigenvalue weighted by Crippen LogP contribution is -2.42. The largest absolute Gasteiger partial charge is 0.363 e. The van der Waals surface area contributed by atoms with Crippen molar-refractivity contribution in [3.63, 3.8) is 0 Å². The van der Waals surface area contributed by atoms with Crippen LogP contribution in [-0.2, 0) is 16.0 Å². The van der Waals surface area contributed by atoms with Crippen molar-refractivity contribution in [2.45, 2.75) is 12.5 Å². The third kappa shape index (κ3) is 2.34. The minimum atomic E-state index is -0.522. The molecular formula is C26H20N2O2. The van der Waals surface area contributed by atoms with Gasteiger partial charge in [-0.2, -0.15) is 0 Å². The van der Waals surface area contributed by atoms with E-state index in [0.29, 0.717) is 11.3 Å². The summed E-state index contributed by atoms with van der Waals surface area (Å²) < 4.78 is 0. The molecule has 3 aromatic rings. The topological polar surface area (TPSA) is 40.6 Å². The maximum Gasteiger partial charge on any atom is 0.261 e. The van der Waals surface area contributed by atoms with E-state index in [0.717, 1.165) is 29.8 Å². The van der Waals surface area contributed by atoms with Gasteiger partial charge in [-0.15, -0.1) is 0 Å². The summed E-state index contributed by atoms with van der Waals surface area (Å²) in [6.07, 6.45) is 2.86. The normalized spacial score (nSPS) is 21.9. The van der Waals surface area contributed by atoms with Crippen LogP contribution in [0.5, 0.6) is 0 Å². The summed E-state index contributed by atoms with van der Waals surface area (Å²) >= 11 is 0. The molecule has 2 atom stereocenters. The Hall–Kier alpha value is -3.66. The highest BCUT2D eigenvalue weighted by Crippen LogP contribution is 2.49. The number of rotatable bonds is 1. The van der Waals surface area contributed by atoms with E-state index < -0.39 is 5.92 Å². The van der Waals surface area contributed by atoms with Crippen LogP contribution in [0.1, 0.15) is 22.7 Å². The van der Waals surface area contributed by atoms with Crippen molar-refractivity contribution in [1.29, 1.82) is 0 Å². The Balaban J connectivity index is 1.60. The maximum absolute atomic E-state index is 13.8. The second kappa shape index (κ2) is 6.42. The van der Waals surface area contributed by atoms with Crippen LogP contribution in [0.3, 0.4) is 0 Å². The molecule has 1 saturated heterocycles. The number of benzene rings is 3. The van der Waals surface area contributed by atoms with E-state index in [1.54, 1.807) is 0 Å². The number of anilines is 2. The number of carbonyl (C=O) groups excluding carboxylic acids is 2. The van der Waals surface area contributed by atoms with E-state index in [1.807, 2.05) is 66.7 Å². The summed E-state index contributed by atoms with van der Waals surface area (Å²) in [6, 6.07) is 25.5. The molecule has 2 unspecified atom stereocenters. The molecule has 3 aliphatic rings. The van der Waals surface area contributed by atoms with Crippen molar-refractivity contribution in [3.05, 3.63) is 101 Å². The van der Waals surface area contributed by atoms with Crippen LogP contribution in [0, 0.1) is 5.92 Å². The van der Waals surface area contributed by atoms with Crippen LogP contribution in [-0.4, -0.2) is 18.4 Å². The molecule has 0 aromatic heterocycles. The van der Waals surface area contributed by atoms with E-state index >= 15 is 0 Å². The molecule has 0 bridgehead atoms. The standard InChI is InChI=1S/C26H20N2O2/c29-25-21-16-18-9-5-7-13-22(18)27-15-14-17-8-4-6-12-20(17)24(27)23(21)26(30)28(25)19-10-2-1-3-11-19/h1-13,16,23-24H,14-15H2. The lowest BCUT2D eigenvalue weighted by atomic mass is 9.82. The van der Waals surface area contributed by atoms with Gasteiger partial charge < -0.3 is 4.90 Å². The third-order valence-electron chi connectivity index (χ3n) is 6.49. The number of amides is 2. The molecule has 0 radical (unpaired) electrons. The molecular weight excluding hydrogens is 372 g/mol. The molecule has 0 spiro atoms. The molecule has 0 N–H and O–H groups in total. The van der Waals surface area contributed by atoms with Crippen molar-refractivity contribution in [2.24, 2.45) is 5.92 Å². The highest BCUT2D eigenvalue weighted by Gasteiger charge is 2.52. The van der Waals surface area contributed by atoms with Crippen LogP contribution >= 0.6 is 0 Å². The van der Waals surface area contributed by atoms with E-state index in [-0.39, 0.29) is 17.9 Å². The fourth-order valence-electron chi connectivity index (χ4n) is 5.18. The number of fused-ring (bicyclic) bond motifs is 7. The number of para-hydroxylation sites is 2. The van der Waals surface area contributed by atoms with E-state index in [9.17, 15) is 9.59 Å². The summed E-state index contributed by atoms with van der Waals surface area (Å²) in [7, 11) is 0. The average molecular weight is 392 g/mol. The van der Waals surface area contributed by atoms with Gasteiger partial charge in [0, 0.05) is 17.8 Å². The summed E-state index contributed by atoms with van der Waals surface area (Å²) in [5.41, 5.74) is 5.70. The van der Waals surface area contributed by atoms with Gasteiger partial charge in [-0.3, -0.25) is 9.59 Å². The van der Waals surface area contributed by atoms with Crippen LogP contribution < -0.4 is 9.80 Å². The van der Waals surface area contributed by atoms with Gasteiger partial charge in [-0.25, -0.2) is 4.90 Å². The summed E-state index contributed by atoms with van der Waals surface area (Å²) in [4.78, 5) is 31.0. The second-order valence-corrected chi connectivity index (χ2v) is 8.04. The fraction of sp³-hybridized carbons (Fsp3) is 0.154. The van der Waals surface area contributed by atoms with Gasteiger partial charge in [0.05, 0.1) is 17.6 Å². The Bertz CT molecular complexity index is 1210. The van der Waals surface area contributed by atoms with E-state index in [4.69, 9.17) is 0 Å². The smallest absolute Gasteiger partial charge is 0.261 e. The Kier molecular flexibility index (Phi) is 3.69. The lowest BCUT2D eigenvalue weighted by Gasteiger charge is -2.41. The molecule has 3 aliphatic heterocycles. The monoisotopic (exact) mass is 392 g/mol. The van der Waals surface area contributed by atoms with Crippen molar-refractivity contribution < 1.29 is 9.59 Å². The highest BCUT2D eigenvalue weighted by atomic mass is 16.2. The zero-order valence-electron chi connectivity index (χ0n) is 16.4. The van der Waals surface area contributed by atoms with Gasteiger partial charge in [0.15, 0.2) is 0 Å². The van der Waals surface area contributed by atoms with Crippen LogP contribution in [0.2, 0.25) is 0 Å². The predicted octanol–water partition coefficient (Wildman–Crippen LogP) is 4.38. The zero-order chi connectivity index (χ0) is 20.2. The lowest BCUT2D eigenvalue weighted by molar-refractivity contribution is -0.122. The minimum absolute atomic E-state index is 0.142. The molecule has 0 saturated carbocycles. The Morgan fingerprint density at radius 1 is 0.800 bits per heavy atom. The first-order valence-electron chi connectivity index (χ1n) is 10.3. The minimum Gasteiger partial charge on any atom is -0.363 e. The quantitative estimate of drug-likeness (QED) is 0.577. The summed E-state index contributed by atoms with van der Waals surface area (Å²) in [6.45, 7) is 0.823. The van der Waals surface area contributed by atoms with Crippen molar-refractivity contribution in [1.82, 2.24) is 0 Å². The van der Waals surface area contributed by atoms with Crippen molar-refractivity contribution in [3.8, 4) is 0 Å². The van der Waals surface area contributed by atoms with Gasteiger partial charge in [-0.05, 0) is 47.4 Å². The summed E-state index contributed by atoms with van der Waals surface area (Å²) in [5, 5.41) is 0. The number of imide groups is 1. The molecule has 4 heteroatoms. The summed E-state index contributed by atoms with van der Waals surface area (Å²) in [5.74, 6) is -0.876. The highest BCUT2D eigenvalue weighted by molar-refractivity contribution is 6.31. The first-order chi connectivity index (χ1) is 14.7. The molecule has 2 amide bonds. The van der Waals surface area contributed by atoms with Crippen molar-refractivity contribution >= 4 is 29.3 Å². The van der Waals surface area contributed by atoms with Crippen LogP contribution in [0.15, 0.2) is 84.4 Å². The van der Waals surface area contributed by atoms with Crippen LogP contribution in [0.4, 0.5) is 11.4 Å². The molecule has 4 nitrogen and oxygen atoms in total. The van der Waals surface area contributed by atoms with E-state index in [1.165, 1.54) is 10.5 Å². The molecule has 0 aliphatic carbocycles. The Morgan fingerprint density at radius 3 is 2.40 bits per heavy atom. The van der Waals surface area contributed by atoms with Crippen LogP contribution in [0.25, 0.3) is 6.08 Å². The molecule has 30 heavy (non-hydrogen) atoms.